The van der Waals surface area contributed by atoms with Crippen molar-refractivity contribution < 1.29 is 19.0 Å². The minimum Gasteiger partial charge on any atom is -0.462 e. The van der Waals surface area contributed by atoms with Crippen LogP contribution < -0.4 is 0 Å². The molecule has 0 N–H and O–H groups in total. The Morgan fingerprint density at radius 2 is 1.09 bits per heavy atom. The minimum atomic E-state index is 0.000731. The van der Waals surface area contributed by atoms with Crippen molar-refractivity contribution in [3.05, 3.63) is 0 Å². The molecule has 0 aliphatic rings. The molecule has 0 radical (unpaired) electrons. The number of hydrogen-bond acceptors (Lipinski definition) is 5. The molecule has 0 heterocycles. The van der Waals surface area contributed by atoms with Crippen molar-refractivity contribution in [1.29, 1.82) is 0 Å². The van der Waals surface area contributed by atoms with Gasteiger partial charge in [-0.05, 0) is 65.1 Å². The van der Waals surface area contributed by atoms with Crippen LogP contribution in [0.15, 0.2) is 0 Å². The van der Waals surface area contributed by atoms with E-state index in [1.165, 1.54) is 89.9 Å². The molecule has 0 aromatic carbocycles. The smallest absolute Gasteiger partial charge is 0.306 e. The third-order valence-corrected chi connectivity index (χ3v) is 6.51. The van der Waals surface area contributed by atoms with Crippen LogP contribution in [0.5, 0.6) is 0 Å². The van der Waals surface area contributed by atoms with Crippen molar-refractivity contribution in [2.75, 3.05) is 47.6 Å². The van der Waals surface area contributed by atoms with Crippen molar-refractivity contribution in [3.63, 3.8) is 0 Å². The molecule has 0 fully saturated rings. The lowest BCUT2D eigenvalue weighted by Gasteiger charge is -2.19. The van der Waals surface area contributed by atoms with E-state index in [9.17, 15) is 4.79 Å². The SMILES string of the molecule is CCN(C)CCCC(=O)OC(CCCCCCCCCOC)CCCCCCCCCOC. The van der Waals surface area contributed by atoms with Crippen molar-refractivity contribution in [2.24, 2.45) is 0 Å². The standard InChI is InChI=1S/C28H57NO4/c1-5-29(2)24-20-23-28(30)33-27(21-16-12-8-6-10-14-18-25-31-3)22-17-13-9-7-11-15-19-26-32-4/h27H,5-26H2,1-4H3. The Hall–Kier alpha value is -0.650. The highest BCUT2D eigenvalue weighted by molar-refractivity contribution is 5.69. The second kappa shape index (κ2) is 26.0. The number of ether oxygens (including phenoxy) is 3. The van der Waals surface area contributed by atoms with Gasteiger partial charge >= 0.3 is 5.97 Å². The van der Waals surface area contributed by atoms with E-state index in [1.54, 1.807) is 14.2 Å². The molecule has 0 aromatic rings. The summed E-state index contributed by atoms with van der Waals surface area (Å²) in [6, 6.07) is 0. The van der Waals surface area contributed by atoms with Gasteiger partial charge in [-0.15, -0.1) is 0 Å². The van der Waals surface area contributed by atoms with E-state index in [0.717, 1.165) is 45.6 Å². The van der Waals surface area contributed by atoms with Crippen LogP contribution in [0.1, 0.15) is 122 Å². The molecule has 0 rings (SSSR count). The lowest BCUT2D eigenvalue weighted by Crippen LogP contribution is -2.22. The van der Waals surface area contributed by atoms with Gasteiger partial charge in [-0.3, -0.25) is 4.79 Å². The van der Waals surface area contributed by atoms with Crippen LogP contribution in [0.25, 0.3) is 0 Å². The summed E-state index contributed by atoms with van der Waals surface area (Å²) >= 11 is 0. The molecule has 0 unspecified atom stereocenters. The fourth-order valence-corrected chi connectivity index (χ4v) is 4.16. The first kappa shape index (κ1) is 32.4. The van der Waals surface area contributed by atoms with E-state index in [4.69, 9.17) is 14.2 Å². The topological polar surface area (TPSA) is 48.0 Å². The summed E-state index contributed by atoms with van der Waals surface area (Å²) in [7, 11) is 5.65. The molecule has 198 valence electrons. The van der Waals surface area contributed by atoms with Gasteiger partial charge in [-0.25, -0.2) is 0 Å². The Kier molecular flexibility index (Phi) is 25.5. The summed E-state index contributed by atoms with van der Waals surface area (Å²) in [5.41, 5.74) is 0. The fourth-order valence-electron chi connectivity index (χ4n) is 4.16. The number of methoxy groups -OCH3 is 2. The molecule has 0 saturated carbocycles. The molecule has 0 saturated heterocycles. The molecule has 33 heavy (non-hydrogen) atoms. The highest BCUT2D eigenvalue weighted by atomic mass is 16.5. The fraction of sp³-hybridized carbons (Fsp3) is 0.964. The van der Waals surface area contributed by atoms with Crippen molar-refractivity contribution in [1.82, 2.24) is 4.90 Å². The average Bonchev–Trinajstić information content (AvgIpc) is 2.81. The van der Waals surface area contributed by atoms with Gasteiger partial charge in [0.2, 0.25) is 0 Å². The maximum atomic E-state index is 12.4. The summed E-state index contributed by atoms with van der Waals surface area (Å²) in [5.74, 6) is 0.000731. The normalized spacial score (nSPS) is 11.6. The maximum Gasteiger partial charge on any atom is 0.306 e. The van der Waals surface area contributed by atoms with Gasteiger partial charge in [-0.2, -0.15) is 0 Å². The molecule has 0 aromatic heterocycles. The number of carbonyl (C=O) groups excluding carboxylic acids is 1. The second-order valence-corrected chi connectivity index (χ2v) is 9.62. The molecule has 0 spiro atoms. The van der Waals surface area contributed by atoms with Gasteiger partial charge in [0.15, 0.2) is 0 Å². The van der Waals surface area contributed by atoms with Crippen LogP contribution in [0, 0.1) is 0 Å². The third kappa shape index (κ3) is 24.3. The Morgan fingerprint density at radius 1 is 0.667 bits per heavy atom. The number of rotatable bonds is 26. The van der Waals surface area contributed by atoms with E-state index in [-0.39, 0.29) is 12.1 Å². The van der Waals surface area contributed by atoms with Crippen LogP contribution >= 0.6 is 0 Å². The summed E-state index contributed by atoms with van der Waals surface area (Å²) in [6.07, 6.45) is 21.2. The van der Waals surface area contributed by atoms with Gasteiger partial charge in [0.1, 0.15) is 6.10 Å². The predicted octanol–water partition coefficient (Wildman–Crippen LogP) is 7.16. The van der Waals surface area contributed by atoms with E-state index >= 15 is 0 Å². The largest absolute Gasteiger partial charge is 0.462 e. The summed E-state index contributed by atoms with van der Waals surface area (Å²) in [4.78, 5) is 14.6. The molecule has 0 amide bonds. The van der Waals surface area contributed by atoms with Gasteiger partial charge in [0.05, 0.1) is 0 Å². The Morgan fingerprint density at radius 3 is 1.52 bits per heavy atom. The van der Waals surface area contributed by atoms with E-state index in [1.807, 2.05) is 0 Å². The Bertz CT molecular complexity index is 383. The number of nitrogens with zero attached hydrogens (tertiary/aromatic N) is 1. The molecule has 0 atom stereocenters. The number of hydrogen-bond donors (Lipinski definition) is 0. The molecular weight excluding hydrogens is 414 g/mol. The number of carbonyl (C=O) groups is 1. The third-order valence-electron chi connectivity index (χ3n) is 6.51. The molecule has 0 bridgehead atoms. The summed E-state index contributed by atoms with van der Waals surface area (Å²) < 4.78 is 16.1. The molecule has 0 aliphatic heterocycles. The van der Waals surface area contributed by atoms with Crippen LogP contribution in [0.2, 0.25) is 0 Å². The Balaban J connectivity index is 4.05. The van der Waals surface area contributed by atoms with Gasteiger partial charge in [0.25, 0.3) is 0 Å². The highest BCUT2D eigenvalue weighted by Crippen LogP contribution is 2.18. The van der Waals surface area contributed by atoms with Crippen LogP contribution in [0.3, 0.4) is 0 Å². The van der Waals surface area contributed by atoms with Crippen molar-refractivity contribution in [3.8, 4) is 0 Å². The zero-order chi connectivity index (χ0) is 24.4. The molecule has 5 heteroatoms. The second-order valence-electron chi connectivity index (χ2n) is 9.62. The minimum absolute atomic E-state index is 0.000731. The van der Waals surface area contributed by atoms with Crippen molar-refractivity contribution >= 4 is 5.97 Å². The van der Waals surface area contributed by atoms with Gasteiger partial charge in [0, 0.05) is 33.9 Å². The first-order valence-electron chi connectivity index (χ1n) is 14.0. The van der Waals surface area contributed by atoms with E-state index in [2.05, 4.69) is 18.9 Å². The highest BCUT2D eigenvalue weighted by Gasteiger charge is 2.14. The van der Waals surface area contributed by atoms with Crippen LogP contribution in [-0.4, -0.2) is 64.5 Å². The Labute approximate surface area is 206 Å². The first-order valence-corrected chi connectivity index (χ1v) is 14.0. The predicted molar refractivity (Wildman–Crippen MR) is 140 cm³/mol. The average molecular weight is 472 g/mol. The first-order chi connectivity index (χ1) is 16.1. The molecule has 5 nitrogen and oxygen atoms in total. The van der Waals surface area contributed by atoms with Crippen molar-refractivity contribution in [2.45, 2.75) is 129 Å². The lowest BCUT2D eigenvalue weighted by molar-refractivity contribution is -0.150. The monoisotopic (exact) mass is 471 g/mol. The zero-order valence-electron chi connectivity index (χ0n) is 22.7. The quantitative estimate of drug-likeness (QED) is 0.0989. The van der Waals surface area contributed by atoms with Gasteiger partial charge < -0.3 is 19.1 Å². The van der Waals surface area contributed by atoms with Crippen LogP contribution in [0.4, 0.5) is 0 Å². The maximum absolute atomic E-state index is 12.4. The zero-order valence-corrected chi connectivity index (χ0v) is 22.7. The molecular formula is C28H57NO4. The number of esters is 1. The summed E-state index contributed by atoms with van der Waals surface area (Å²) in [5, 5.41) is 0. The van der Waals surface area contributed by atoms with E-state index < -0.39 is 0 Å². The number of unbranched alkanes of at least 4 members (excludes halogenated alkanes) is 12. The summed E-state index contributed by atoms with van der Waals surface area (Å²) in [6.45, 7) is 5.90. The molecule has 0 aliphatic carbocycles. The lowest BCUT2D eigenvalue weighted by atomic mass is 10.0. The van der Waals surface area contributed by atoms with Gasteiger partial charge in [-0.1, -0.05) is 71.1 Å². The van der Waals surface area contributed by atoms with Crippen LogP contribution in [-0.2, 0) is 19.0 Å². The van der Waals surface area contributed by atoms with E-state index in [0.29, 0.717) is 6.42 Å².